The van der Waals surface area contributed by atoms with Crippen LogP contribution in [0.3, 0.4) is 0 Å². The van der Waals surface area contributed by atoms with Crippen LogP contribution >= 0.6 is 0 Å². The number of aliphatic hydroxyl groups is 1. The first-order valence-corrected chi connectivity index (χ1v) is 4.15. The Morgan fingerprint density at radius 1 is 1.67 bits per heavy atom. The first-order chi connectivity index (χ1) is 5.72. The van der Waals surface area contributed by atoms with E-state index in [0.29, 0.717) is 12.5 Å². The smallest absolute Gasteiger partial charge is 0.295 e. The van der Waals surface area contributed by atoms with Crippen LogP contribution in [0.5, 0.6) is 0 Å². The molecule has 0 radical (unpaired) electrons. The molecule has 0 heterocycles. The highest BCUT2D eigenvalue weighted by molar-refractivity contribution is 5.92. The third-order valence-corrected chi connectivity index (χ3v) is 2.20. The Labute approximate surface area is 72.2 Å². The van der Waals surface area contributed by atoms with Gasteiger partial charge in [-0.25, -0.2) is 0 Å². The van der Waals surface area contributed by atoms with Crippen LogP contribution in [0, 0.1) is 18.3 Å². The van der Waals surface area contributed by atoms with Gasteiger partial charge < -0.3 is 10.4 Å². The Kier molecular flexibility index (Phi) is 3.12. The summed E-state index contributed by atoms with van der Waals surface area (Å²) in [6, 6.07) is 0. The number of hydrogen-bond acceptors (Lipinski definition) is 2. The van der Waals surface area contributed by atoms with Gasteiger partial charge in [-0.05, 0) is 31.1 Å². The minimum absolute atomic E-state index is 0.183. The summed E-state index contributed by atoms with van der Waals surface area (Å²) < 4.78 is 0. The van der Waals surface area contributed by atoms with Crippen LogP contribution in [0.25, 0.3) is 0 Å². The van der Waals surface area contributed by atoms with Crippen molar-refractivity contribution in [1.82, 2.24) is 5.32 Å². The van der Waals surface area contributed by atoms with Crippen LogP contribution in [0.1, 0.15) is 19.3 Å². The normalized spacial score (nSPS) is 28.0. The molecule has 2 atom stereocenters. The van der Waals surface area contributed by atoms with Crippen molar-refractivity contribution in [1.29, 1.82) is 0 Å². The average molecular weight is 167 g/mol. The molecule has 0 spiro atoms. The lowest BCUT2D eigenvalue weighted by atomic mass is 10.1. The zero-order chi connectivity index (χ0) is 8.97. The summed E-state index contributed by atoms with van der Waals surface area (Å²) in [6.45, 7) is 0.597. The molecule has 0 aromatic carbocycles. The minimum atomic E-state index is -0.364. The highest BCUT2D eigenvalue weighted by Crippen LogP contribution is 2.24. The summed E-state index contributed by atoms with van der Waals surface area (Å²) in [5, 5.41) is 11.8. The summed E-state index contributed by atoms with van der Waals surface area (Å²) in [7, 11) is 0. The predicted octanol–water partition coefficient (Wildman–Crippen LogP) is -0.103. The quantitative estimate of drug-likeness (QED) is 0.564. The third-order valence-electron chi connectivity index (χ3n) is 2.20. The van der Waals surface area contributed by atoms with E-state index in [1.54, 1.807) is 0 Å². The lowest BCUT2D eigenvalue weighted by Crippen LogP contribution is -2.27. The van der Waals surface area contributed by atoms with Crippen molar-refractivity contribution in [2.45, 2.75) is 25.4 Å². The summed E-state index contributed by atoms with van der Waals surface area (Å²) >= 11 is 0. The Morgan fingerprint density at radius 3 is 2.92 bits per heavy atom. The van der Waals surface area contributed by atoms with Gasteiger partial charge in [0.2, 0.25) is 0 Å². The van der Waals surface area contributed by atoms with Crippen LogP contribution in [-0.2, 0) is 4.79 Å². The van der Waals surface area contributed by atoms with E-state index in [4.69, 9.17) is 11.5 Å². The number of aliphatic hydroxyl groups excluding tert-OH is 1. The Morgan fingerprint density at radius 2 is 2.42 bits per heavy atom. The molecule has 0 aliphatic heterocycles. The van der Waals surface area contributed by atoms with Gasteiger partial charge in [0, 0.05) is 6.54 Å². The SMILES string of the molecule is C#CC(=O)NCC1CCC(O)C1. The van der Waals surface area contributed by atoms with Gasteiger partial charge in [0.25, 0.3) is 5.91 Å². The molecule has 3 heteroatoms. The number of hydrogen-bond donors (Lipinski definition) is 2. The highest BCUT2D eigenvalue weighted by atomic mass is 16.3. The fourth-order valence-corrected chi connectivity index (χ4v) is 1.52. The molecular formula is C9H13NO2. The van der Waals surface area contributed by atoms with Crippen molar-refractivity contribution >= 4 is 5.91 Å². The van der Waals surface area contributed by atoms with Crippen molar-refractivity contribution in [2.75, 3.05) is 6.54 Å². The number of carbonyl (C=O) groups excluding carboxylic acids is 1. The van der Waals surface area contributed by atoms with E-state index >= 15 is 0 Å². The summed E-state index contributed by atoms with van der Waals surface area (Å²) in [4.78, 5) is 10.6. The summed E-state index contributed by atoms with van der Waals surface area (Å²) in [5.74, 6) is 2.02. The lowest BCUT2D eigenvalue weighted by molar-refractivity contribution is -0.115. The maximum atomic E-state index is 10.6. The van der Waals surface area contributed by atoms with Crippen LogP contribution in [0.15, 0.2) is 0 Å². The van der Waals surface area contributed by atoms with Crippen molar-refractivity contribution < 1.29 is 9.90 Å². The molecule has 1 amide bonds. The highest BCUT2D eigenvalue weighted by Gasteiger charge is 2.22. The molecule has 1 aliphatic carbocycles. The molecule has 0 aromatic rings. The average Bonchev–Trinajstić information content (AvgIpc) is 2.47. The van der Waals surface area contributed by atoms with Crippen LogP contribution in [0.4, 0.5) is 0 Å². The van der Waals surface area contributed by atoms with E-state index in [2.05, 4.69) is 5.32 Å². The number of nitrogens with one attached hydrogen (secondary N) is 1. The molecule has 1 rings (SSSR count). The number of amides is 1. The second-order valence-electron chi connectivity index (χ2n) is 3.19. The fourth-order valence-electron chi connectivity index (χ4n) is 1.52. The lowest BCUT2D eigenvalue weighted by Gasteiger charge is -2.07. The van der Waals surface area contributed by atoms with Gasteiger partial charge in [-0.15, -0.1) is 6.42 Å². The maximum absolute atomic E-state index is 10.6. The molecule has 0 bridgehead atoms. The van der Waals surface area contributed by atoms with E-state index in [0.717, 1.165) is 19.3 Å². The van der Waals surface area contributed by atoms with Crippen molar-refractivity contribution in [3.05, 3.63) is 0 Å². The van der Waals surface area contributed by atoms with Gasteiger partial charge in [-0.3, -0.25) is 4.79 Å². The third kappa shape index (κ3) is 2.55. The van der Waals surface area contributed by atoms with E-state index in [-0.39, 0.29) is 12.0 Å². The predicted molar refractivity (Wildman–Crippen MR) is 45.2 cm³/mol. The minimum Gasteiger partial charge on any atom is -0.393 e. The van der Waals surface area contributed by atoms with Crippen molar-refractivity contribution in [2.24, 2.45) is 5.92 Å². The topological polar surface area (TPSA) is 49.3 Å². The maximum Gasteiger partial charge on any atom is 0.295 e. The Balaban J connectivity index is 2.17. The Hall–Kier alpha value is -1.01. The van der Waals surface area contributed by atoms with Gasteiger partial charge >= 0.3 is 0 Å². The standard InChI is InChI=1S/C9H13NO2/c1-2-9(12)10-6-7-3-4-8(11)5-7/h1,7-8,11H,3-6H2,(H,10,12). The van der Waals surface area contributed by atoms with Crippen molar-refractivity contribution in [3.8, 4) is 12.3 Å². The molecule has 12 heavy (non-hydrogen) atoms. The van der Waals surface area contributed by atoms with Crippen LogP contribution in [0.2, 0.25) is 0 Å². The first-order valence-electron chi connectivity index (χ1n) is 4.15. The zero-order valence-corrected chi connectivity index (χ0v) is 6.92. The number of terminal acetylenes is 1. The van der Waals surface area contributed by atoms with Crippen LogP contribution in [-0.4, -0.2) is 23.7 Å². The second kappa shape index (κ2) is 4.13. The number of rotatable bonds is 2. The zero-order valence-electron chi connectivity index (χ0n) is 6.92. The summed E-state index contributed by atoms with van der Waals surface area (Å²) in [6.07, 6.45) is 7.29. The molecule has 1 fully saturated rings. The van der Waals surface area contributed by atoms with Gasteiger partial charge in [-0.1, -0.05) is 0 Å². The van der Waals surface area contributed by atoms with Crippen molar-refractivity contribution in [3.63, 3.8) is 0 Å². The largest absolute Gasteiger partial charge is 0.393 e. The van der Waals surface area contributed by atoms with Crippen LogP contribution < -0.4 is 5.32 Å². The van der Waals surface area contributed by atoms with Gasteiger partial charge in [0.1, 0.15) is 0 Å². The Bertz CT molecular complexity index is 207. The fraction of sp³-hybridized carbons (Fsp3) is 0.667. The molecule has 3 nitrogen and oxygen atoms in total. The molecule has 1 saturated carbocycles. The van der Waals surface area contributed by atoms with Gasteiger partial charge in [0.05, 0.1) is 6.10 Å². The molecule has 1 aliphatic rings. The van der Waals surface area contributed by atoms with E-state index in [9.17, 15) is 4.79 Å². The molecular weight excluding hydrogens is 154 g/mol. The molecule has 2 N–H and O–H groups in total. The van der Waals surface area contributed by atoms with E-state index in [1.807, 2.05) is 5.92 Å². The molecule has 0 aromatic heterocycles. The van der Waals surface area contributed by atoms with E-state index in [1.165, 1.54) is 0 Å². The van der Waals surface area contributed by atoms with Gasteiger partial charge in [0.15, 0.2) is 0 Å². The molecule has 0 saturated heterocycles. The van der Waals surface area contributed by atoms with Gasteiger partial charge in [-0.2, -0.15) is 0 Å². The first kappa shape index (κ1) is 9.08. The monoisotopic (exact) mass is 167 g/mol. The molecule has 66 valence electrons. The second-order valence-corrected chi connectivity index (χ2v) is 3.19. The molecule has 2 unspecified atom stereocenters. The van der Waals surface area contributed by atoms with E-state index < -0.39 is 0 Å². The number of carbonyl (C=O) groups is 1. The summed E-state index contributed by atoms with van der Waals surface area (Å²) in [5.41, 5.74) is 0.